The quantitative estimate of drug-likeness (QED) is 0.900. The highest BCUT2D eigenvalue weighted by molar-refractivity contribution is 9.10. The summed E-state index contributed by atoms with van der Waals surface area (Å²) in [6.45, 7) is 2.64. The van der Waals surface area contributed by atoms with Crippen LogP contribution < -0.4 is 10.5 Å². The number of halogens is 1. The van der Waals surface area contributed by atoms with E-state index in [2.05, 4.69) is 28.1 Å². The molecule has 19 heavy (non-hydrogen) atoms. The summed E-state index contributed by atoms with van der Waals surface area (Å²) < 4.78 is 6.71. The van der Waals surface area contributed by atoms with Crippen molar-refractivity contribution < 1.29 is 4.74 Å². The lowest BCUT2D eigenvalue weighted by molar-refractivity contribution is 0.334. The van der Waals surface area contributed by atoms with Crippen molar-refractivity contribution in [2.45, 2.75) is 19.4 Å². The molecule has 0 radical (unpaired) electrons. The zero-order valence-corrected chi connectivity index (χ0v) is 12.6. The Labute approximate surface area is 122 Å². The van der Waals surface area contributed by atoms with Crippen LogP contribution in [0.5, 0.6) is 5.75 Å². The van der Waals surface area contributed by atoms with Crippen LogP contribution in [0.4, 0.5) is 0 Å². The van der Waals surface area contributed by atoms with Gasteiger partial charge in [-0.15, -0.1) is 0 Å². The fourth-order valence-electron chi connectivity index (χ4n) is 2.06. The van der Waals surface area contributed by atoms with Crippen molar-refractivity contribution in [2.24, 2.45) is 5.73 Å². The number of hydrogen-bond acceptors (Lipinski definition) is 2. The molecule has 3 heteroatoms. The standard InChI is InChI=1S/C16H18BrNO/c1-2-19-16-6-4-3-5-14(16)15(18)11-12-7-9-13(17)10-8-12/h3-10,15H,2,11,18H2,1H3. The van der Waals surface area contributed by atoms with Crippen LogP contribution in [-0.4, -0.2) is 6.61 Å². The normalized spacial score (nSPS) is 12.2. The molecule has 0 aromatic heterocycles. The first-order valence-corrected chi connectivity index (χ1v) is 7.21. The lowest BCUT2D eigenvalue weighted by atomic mass is 9.99. The van der Waals surface area contributed by atoms with Crippen LogP contribution in [0.1, 0.15) is 24.1 Å². The Morgan fingerprint density at radius 2 is 1.79 bits per heavy atom. The van der Waals surface area contributed by atoms with Gasteiger partial charge in [0.25, 0.3) is 0 Å². The second kappa shape index (κ2) is 6.73. The highest BCUT2D eigenvalue weighted by Crippen LogP contribution is 2.26. The van der Waals surface area contributed by atoms with Gasteiger partial charge in [0, 0.05) is 16.1 Å². The molecule has 2 aromatic rings. The minimum absolute atomic E-state index is 0.0519. The summed E-state index contributed by atoms with van der Waals surface area (Å²) in [4.78, 5) is 0. The molecule has 0 spiro atoms. The SMILES string of the molecule is CCOc1ccccc1C(N)Cc1ccc(Br)cc1. The fourth-order valence-corrected chi connectivity index (χ4v) is 2.32. The lowest BCUT2D eigenvalue weighted by Gasteiger charge is -2.16. The number of rotatable bonds is 5. The van der Waals surface area contributed by atoms with E-state index in [0.29, 0.717) is 6.61 Å². The molecule has 2 nitrogen and oxygen atoms in total. The van der Waals surface area contributed by atoms with Gasteiger partial charge in [-0.05, 0) is 37.1 Å². The zero-order valence-electron chi connectivity index (χ0n) is 11.0. The highest BCUT2D eigenvalue weighted by atomic mass is 79.9. The first-order valence-electron chi connectivity index (χ1n) is 6.42. The fraction of sp³-hybridized carbons (Fsp3) is 0.250. The number of nitrogens with two attached hydrogens (primary N) is 1. The predicted molar refractivity (Wildman–Crippen MR) is 82.4 cm³/mol. The molecule has 100 valence electrons. The summed E-state index contributed by atoms with van der Waals surface area (Å²) in [5.41, 5.74) is 8.59. The van der Waals surface area contributed by atoms with Gasteiger partial charge >= 0.3 is 0 Å². The van der Waals surface area contributed by atoms with Gasteiger partial charge in [-0.2, -0.15) is 0 Å². The van der Waals surface area contributed by atoms with Crippen LogP contribution in [0.15, 0.2) is 53.0 Å². The average Bonchev–Trinajstić information content (AvgIpc) is 2.42. The summed E-state index contributed by atoms with van der Waals surface area (Å²) >= 11 is 3.44. The van der Waals surface area contributed by atoms with Crippen molar-refractivity contribution in [2.75, 3.05) is 6.61 Å². The Bertz CT molecular complexity index is 525. The zero-order chi connectivity index (χ0) is 13.7. The summed E-state index contributed by atoms with van der Waals surface area (Å²) in [6.07, 6.45) is 0.803. The van der Waals surface area contributed by atoms with Crippen molar-refractivity contribution in [3.63, 3.8) is 0 Å². The summed E-state index contributed by atoms with van der Waals surface area (Å²) in [6, 6.07) is 16.2. The van der Waals surface area contributed by atoms with Crippen LogP contribution in [-0.2, 0) is 6.42 Å². The summed E-state index contributed by atoms with van der Waals surface area (Å²) in [5, 5.41) is 0. The Hall–Kier alpha value is -1.32. The molecule has 2 aromatic carbocycles. The lowest BCUT2D eigenvalue weighted by Crippen LogP contribution is -2.14. The monoisotopic (exact) mass is 319 g/mol. The molecule has 0 aliphatic heterocycles. The minimum Gasteiger partial charge on any atom is -0.494 e. The summed E-state index contributed by atoms with van der Waals surface area (Å²) in [7, 11) is 0. The van der Waals surface area contributed by atoms with Crippen molar-refractivity contribution in [1.82, 2.24) is 0 Å². The first kappa shape index (κ1) is 14.1. The second-order valence-electron chi connectivity index (χ2n) is 4.41. The third-order valence-corrected chi connectivity index (χ3v) is 3.52. The number of hydrogen-bond donors (Lipinski definition) is 1. The molecule has 1 atom stereocenters. The predicted octanol–water partition coefficient (Wildman–Crippen LogP) is 4.09. The molecule has 2 rings (SSSR count). The van der Waals surface area contributed by atoms with E-state index in [4.69, 9.17) is 10.5 Å². The number of ether oxygens (including phenoxy) is 1. The molecule has 0 saturated carbocycles. The van der Waals surface area contributed by atoms with Crippen LogP contribution in [0, 0.1) is 0 Å². The molecule has 0 saturated heterocycles. The molecule has 0 fully saturated rings. The largest absolute Gasteiger partial charge is 0.494 e. The molecule has 0 aliphatic carbocycles. The molecule has 0 amide bonds. The second-order valence-corrected chi connectivity index (χ2v) is 5.32. The van der Waals surface area contributed by atoms with Crippen molar-refractivity contribution >= 4 is 15.9 Å². The molecule has 0 bridgehead atoms. The Morgan fingerprint density at radius 3 is 2.47 bits per heavy atom. The third-order valence-electron chi connectivity index (χ3n) is 2.99. The summed E-state index contributed by atoms with van der Waals surface area (Å²) in [5.74, 6) is 0.884. The van der Waals surface area contributed by atoms with Crippen LogP contribution in [0.25, 0.3) is 0 Å². The maximum Gasteiger partial charge on any atom is 0.124 e. The molecule has 0 heterocycles. The molecular weight excluding hydrogens is 302 g/mol. The van der Waals surface area contributed by atoms with Gasteiger partial charge in [-0.1, -0.05) is 46.3 Å². The van der Waals surface area contributed by atoms with Gasteiger partial charge < -0.3 is 10.5 Å². The van der Waals surface area contributed by atoms with E-state index in [0.717, 1.165) is 22.2 Å². The smallest absolute Gasteiger partial charge is 0.124 e. The average molecular weight is 320 g/mol. The number of para-hydroxylation sites is 1. The first-order chi connectivity index (χ1) is 9.20. The van der Waals surface area contributed by atoms with Gasteiger partial charge in [0.1, 0.15) is 5.75 Å². The van der Waals surface area contributed by atoms with E-state index in [1.165, 1.54) is 5.56 Å². The van der Waals surface area contributed by atoms with E-state index < -0.39 is 0 Å². The van der Waals surface area contributed by atoms with E-state index in [9.17, 15) is 0 Å². The van der Waals surface area contributed by atoms with E-state index in [1.807, 2.05) is 43.3 Å². The molecular formula is C16H18BrNO. The van der Waals surface area contributed by atoms with Gasteiger partial charge in [0.05, 0.1) is 6.61 Å². The molecule has 1 unspecified atom stereocenters. The maximum atomic E-state index is 6.30. The van der Waals surface area contributed by atoms with Gasteiger partial charge in [-0.25, -0.2) is 0 Å². The molecule has 2 N–H and O–H groups in total. The van der Waals surface area contributed by atoms with Gasteiger partial charge in [0.2, 0.25) is 0 Å². The van der Waals surface area contributed by atoms with E-state index in [-0.39, 0.29) is 6.04 Å². The minimum atomic E-state index is -0.0519. The van der Waals surface area contributed by atoms with Gasteiger partial charge in [-0.3, -0.25) is 0 Å². The van der Waals surface area contributed by atoms with Crippen LogP contribution in [0.2, 0.25) is 0 Å². The van der Waals surface area contributed by atoms with Gasteiger partial charge in [0.15, 0.2) is 0 Å². The van der Waals surface area contributed by atoms with Crippen molar-refractivity contribution in [1.29, 1.82) is 0 Å². The third kappa shape index (κ3) is 3.82. The van der Waals surface area contributed by atoms with E-state index in [1.54, 1.807) is 0 Å². The Balaban J connectivity index is 2.15. The Morgan fingerprint density at radius 1 is 1.11 bits per heavy atom. The number of benzene rings is 2. The highest BCUT2D eigenvalue weighted by Gasteiger charge is 2.12. The maximum absolute atomic E-state index is 6.30. The van der Waals surface area contributed by atoms with Crippen LogP contribution in [0.3, 0.4) is 0 Å². The topological polar surface area (TPSA) is 35.2 Å². The van der Waals surface area contributed by atoms with E-state index >= 15 is 0 Å². The van der Waals surface area contributed by atoms with Crippen molar-refractivity contribution in [3.8, 4) is 5.75 Å². The molecule has 0 aliphatic rings. The van der Waals surface area contributed by atoms with Crippen molar-refractivity contribution in [3.05, 3.63) is 64.1 Å². The Kier molecular flexibility index (Phi) is 5.00. The van der Waals surface area contributed by atoms with Crippen LogP contribution >= 0.6 is 15.9 Å².